The van der Waals surface area contributed by atoms with Crippen molar-refractivity contribution in [3.63, 3.8) is 0 Å². The van der Waals surface area contributed by atoms with Gasteiger partial charge in [0.15, 0.2) is 10.3 Å². The van der Waals surface area contributed by atoms with Gasteiger partial charge < -0.3 is 10.6 Å². The molecule has 9 heteroatoms. The lowest BCUT2D eigenvalue weighted by Crippen LogP contribution is -2.19. The van der Waals surface area contributed by atoms with Gasteiger partial charge in [-0.05, 0) is 35.5 Å². The van der Waals surface area contributed by atoms with Crippen LogP contribution in [-0.4, -0.2) is 22.0 Å². The van der Waals surface area contributed by atoms with Crippen LogP contribution < -0.4 is 10.6 Å². The summed E-state index contributed by atoms with van der Waals surface area (Å²) in [4.78, 5) is 32.9. The number of hydrogen-bond acceptors (Lipinski definition) is 6. The van der Waals surface area contributed by atoms with Gasteiger partial charge in [-0.2, -0.15) is 0 Å². The van der Waals surface area contributed by atoms with Crippen LogP contribution in [0.1, 0.15) is 17.4 Å². The third kappa shape index (κ3) is 4.91. The quantitative estimate of drug-likeness (QED) is 0.780. The molecule has 1 saturated heterocycles. The average Bonchev–Trinajstić information content (AvgIpc) is 3.13. The lowest BCUT2D eigenvalue weighted by molar-refractivity contribution is -0.115. The van der Waals surface area contributed by atoms with Crippen LogP contribution in [0.15, 0.2) is 40.4 Å². The van der Waals surface area contributed by atoms with Gasteiger partial charge in [0.2, 0.25) is 5.91 Å². The normalized spacial score (nSPS) is 17.1. The summed E-state index contributed by atoms with van der Waals surface area (Å²) < 4.78 is 0. The second-order valence-electron chi connectivity index (χ2n) is 5.06. The van der Waals surface area contributed by atoms with Crippen molar-refractivity contribution in [2.75, 3.05) is 5.32 Å². The maximum atomic E-state index is 12.0. The highest BCUT2D eigenvalue weighted by molar-refractivity contribution is 8.18. The molecular formula is C16H13ClN4O2S2. The van der Waals surface area contributed by atoms with E-state index in [1.54, 1.807) is 24.4 Å². The van der Waals surface area contributed by atoms with Crippen molar-refractivity contribution in [1.82, 2.24) is 10.3 Å². The van der Waals surface area contributed by atoms with Gasteiger partial charge >= 0.3 is 0 Å². The second-order valence-corrected chi connectivity index (χ2v) is 7.59. The Hall–Kier alpha value is -2.16. The summed E-state index contributed by atoms with van der Waals surface area (Å²) in [6.07, 6.45) is 3.34. The van der Waals surface area contributed by atoms with E-state index in [2.05, 4.69) is 20.6 Å². The van der Waals surface area contributed by atoms with E-state index in [9.17, 15) is 9.59 Å². The Morgan fingerprint density at radius 2 is 2.16 bits per heavy atom. The summed E-state index contributed by atoms with van der Waals surface area (Å²) >= 11 is 8.42. The predicted molar refractivity (Wildman–Crippen MR) is 103 cm³/mol. The largest absolute Gasteiger partial charge is 0.302 e. The highest BCUT2D eigenvalue weighted by Gasteiger charge is 2.23. The van der Waals surface area contributed by atoms with Crippen LogP contribution in [0.4, 0.5) is 5.13 Å². The van der Waals surface area contributed by atoms with Crippen molar-refractivity contribution < 1.29 is 9.59 Å². The van der Waals surface area contributed by atoms with Gasteiger partial charge in [-0.25, -0.2) is 4.98 Å². The molecular weight excluding hydrogens is 380 g/mol. The molecule has 0 unspecified atom stereocenters. The number of nitrogens with one attached hydrogen (secondary N) is 2. The van der Waals surface area contributed by atoms with Crippen LogP contribution >= 0.6 is 34.7 Å². The third-order valence-corrected chi connectivity index (χ3v) is 5.11. The van der Waals surface area contributed by atoms with Crippen molar-refractivity contribution >= 4 is 62.9 Å². The first-order chi connectivity index (χ1) is 12.0. The van der Waals surface area contributed by atoms with E-state index in [0.717, 1.165) is 10.4 Å². The first-order valence-corrected chi connectivity index (χ1v) is 9.24. The number of hydrogen-bond donors (Lipinski definition) is 2. The van der Waals surface area contributed by atoms with Crippen LogP contribution in [0.3, 0.4) is 0 Å². The summed E-state index contributed by atoms with van der Waals surface area (Å²) in [5, 5.41) is 7.08. The molecule has 2 aromatic rings. The van der Waals surface area contributed by atoms with E-state index < -0.39 is 0 Å². The average molecular weight is 393 g/mol. The molecule has 25 heavy (non-hydrogen) atoms. The Bertz CT molecular complexity index is 875. The Morgan fingerprint density at radius 1 is 1.40 bits per heavy atom. The molecule has 1 fully saturated rings. The summed E-state index contributed by atoms with van der Waals surface area (Å²) in [6, 6.07) is 7.40. The SMILES string of the molecule is CC(=O)Nc1ncc(C=C2SC(=NCc3ccc(Cl)cc3)NC2=O)s1. The summed E-state index contributed by atoms with van der Waals surface area (Å²) in [5.41, 5.74) is 1.01. The minimum absolute atomic E-state index is 0.182. The maximum Gasteiger partial charge on any atom is 0.264 e. The topological polar surface area (TPSA) is 83.4 Å². The molecule has 1 aliphatic heterocycles. The van der Waals surface area contributed by atoms with E-state index in [1.807, 2.05) is 12.1 Å². The molecule has 0 spiro atoms. The van der Waals surface area contributed by atoms with E-state index in [0.29, 0.717) is 26.8 Å². The number of aromatic nitrogens is 1. The van der Waals surface area contributed by atoms with Crippen molar-refractivity contribution in [3.05, 3.63) is 50.8 Å². The minimum atomic E-state index is -0.200. The third-order valence-electron chi connectivity index (χ3n) is 3.05. The Kier molecular flexibility index (Phi) is 5.52. The number of thiazole rings is 1. The smallest absolute Gasteiger partial charge is 0.264 e. The predicted octanol–water partition coefficient (Wildman–Crippen LogP) is 3.52. The first kappa shape index (κ1) is 17.7. The molecule has 2 heterocycles. The van der Waals surface area contributed by atoms with Crippen LogP contribution in [-0.2, 0) is 16.1 Å². The van der Waals surface area contributed by atoms with Gasteiger partial charge in [0, 0.05) is 18.1 Å². The van der Waals surface area contributed by atoms with Crippen molar-refractivity contribution in [2.24, 2.45) is 4.99 Å². The van der Waals surface area contributed by atoms with E-state index in [4.69, 9.17) is 11.6 Å². The van der Waals surface area contributed by atoms with Gasteiger partial charge in [0.25, 0.3) is 5.91 Å². The number of carbonyl (C=O) groups is 2. The molecule has 0 atom stereocenters. The van der Waals surface area contributed by atoms with Gasteiger partial charge in [0.05, 0.1) is 16.3 Å². The number of amides is 2. The molecule has 1 aromatic carbocycles. The van der Waals surface area contributed by atoms with Crippen LogP contribution in [0.2, 0.25) is 5.02 Å². The van der Waals surface area contributed by atoms with Crippen LogP contribution in [0.5, 0.6) is 0 Å². The second kappa shape index (κ2) is 7.81. The Balaban J connectivity index is 1.67. The lowest BCUT2D eigenvalue weighted by atomic mass is 10.2. The highest BCUT2D eigenvalue weighted by atomic mass is 35.5. The number of halogens is 1. The molecule has 0 saturated carbocycles. The van der Waals surface area contributed by atoms with Crippen molar-refractivity contribution in [1.29, 1.82) is 0 Å². The van der Waals surface area contributed by atoms with E-state index >= 15 is 0 Å². The molecule has 0 aliphatic carbocycles. The summed E-state index contributed by atoms with van der Waals surface area (Å²) in [5.74, 6) is -0.382. The zero-order valence-corrected chi connectivity index (χ0v) is 15.5. The summed E-state index contributed by atoms with van der Waals surface area (Å²) in [7, 11) is 0. The standard InChI is InChI=1S/C16H13ClN4O2S2/c1-9(22)20-15-19-8-12(24-15)6-13-14(23)21-16(25-13)18-7-10-2-4-11(17)5-3-10/h2-6,8H,7H2,1H3,(H,18,21,23)(H,19,20,22). The van der Waals surface area contributed by atoms with Gasteiger partial charge in [-0.15, -0.1) is 0 Å². The number of benzene rings is 1. The lowest BCUT2D eigenvalue weighted by Gasteiger charge is -1.98. The number of carbonyl (C=O) groups excluding carboxylic acids is 2. The Morgan fingerprint density at radius 3 is 2.88 bits per heavy atom. The molecule has 2 N–H and O–H groups in total. The van der Waals surface area contributed by atoms with E-state index in [-0.39, 0.29) is 11.8 Å². The first-order valence-electron chi connectivity index (χ1n) is 7.23. The minimum Gasteiger partial charge on any atom is -0.302 e. The number of anilines is 1. The highest BCUT2D eigenvalue weighted by Crippen LogP contribution is 2.29. The molecule has 0 radical (unpaired) electrons. The molecule has 3 rings (SSSR count). The Labute approximate surface area is 157 Å². The van der Waals surface area contributed by atoms with Crippen molar-refractivity contribution in [2.45, 2.75) is 13.5 Å². The zero-order chi connectivity index (χ0) is 17.8. The monoisotopic (exact) mass is 392 g/mol. The van der Waals surface area contributed by atoms with Crippen LogP contribution in [0.25, 0.3) is 6.08 Å². The fourth-order valence-corrected chi connectivity index (χ4v) is 3.76. The molecule has 6 nitrogen and oxygen atoms in total. The van der Waals surface area contributed by atoms with Crippen LogP contribution in [0, 0.1) is 0 Å². The molecule has 1 aliphatic rings. The number of rotatable bonds is 4. The molecule has 0 bridgehead atoms. The molecule has 128 valence electrons. The maximum absolute atomic E-state index is 12.0. The van der Waals surface area contributed by atoms with Gasteiger partial charge in [-0.1, -0.05) is 35.1 Å². The zero-order valence-electron chi connectivity index (χ0n) is 13.1. The summed E-state index contributed by atoms with van der Waals surface area (Å²) in [6.45, 7) is 1.88. The number of amidine groups is 1. The van der Waals surface area contributed by atoms with Gasteiger partial charge in [-0.3, -0.25) is 14.6 Å². The fraction of sp³-hybridized carbons (Fsp3) is 0.125. The number of nitrogens with zero attached hydrogens (tertiary/aromatic N) is 2. The van der Waals surface area contributed by atoms with Gasteiger partial charge in [0.1, 0.15) is 0 Å². The molecule has 1 aromatic heterocycles. The van der Waals surface area contributed by atoms with Crippen molar-refractivity contribution in [3.8, 4) is 0 Å². The number of thioether (sulfide) groups is 1. The number of aliphatic imine (C=N–C) groups is 1. The molecule has 2 amide bonds. The van der Waals surface area contributed by atoms with E-state index in [1.165, 1.54) is 30.0 Å². The fourth-order valence-electron chi connectivity index (χ4n) is 1.95.